The number of aryl methyl sites for hydroxylation is 2. The Hall–Kier alpha value is -1.81. The fourth-order valence-corrected chi connectivity index (χ4v) is 1.88. The van der Waals surface area contributed by atoms with Gasteiger partial charge in [-0.2, -0.15) is 0 Å². The monoisotopic (exact) mass is 260 g/mol. The molecule has 1 N–H and O–H groups in total. The maximum atomic E-state index is 5.76. The van der Waals surface area contributed by atoms with Gasteiger partial charge in [-0.05, 0) is 45.5 Å². The molecule has 0 aliphatic rings. The average molecular weight is 260 g/mol. The third-order valence-corrected chi connectivity index (χ3v) is 3.38. The molecule has 0 bridgehead atoms. The zero-order chi connectivity index (χ0) is 13.8. The summed E-state index contributed by atoms with van der Waals surface area (Å²) in [5, 5.41) is 7.12. The fourth-order valence-electron chi connectivity index (χ4n) is 1.88. The molecule has 1 atom stereocenters. The number of ether oxygens (including phenoxy) is 1. The zero-order valence-electron chi connectivity index (χ0n) is 11.9. The molecule has 2 aromatic rings. The van der Waals surface area contributed by atoms with Crippen LogP contribution in [0.1, 0.15) is 35.5 Å². The van der Waals surface area contributed by atoms with E-state index in [1.54, 1.807) is 0 Å². The van der Waals surface area contributed by atoms with E-state index in [0.29, 0.717) is 12.6 Å². The lowest BCUT2D eigenvalue weighted by Crippen LogP contribution is -2.11. The maximum Gasteiger partial charge on any atom is 0.140 e. The van der Waals surface area contributed by atoms with Crippen LogP contribution in [0.3, 0.4) is 0 Å². The van der Waals surface area contributed by atoms with Crippen molar-refractivity contribution in [1.82, 2.24) is 10.5 Å². The van der Waals surface area contributed by atoms with Crippen molar-refractivity contribution in [3.05, 3.63) is 46.8 Å². The van der Waals surface area contributed by atoms with E-state index >= 15 is 0 Å². The average Bonchev–Trinajstić information content (AvgIpc) is 2.75. The highest BCUT2D eigenvalue weighted by Crippen LogP contribution is 2.20. The Kier molecular flexibility index (Phi) is 4.22. The molecule has 1 heterocycles. The summed E-state index contributed by atoms with van der Waals surface area (Å²) < 4.78 is 10.9. The summed E-state index contributed by atoms with van der Waals surface area (Å²) in [6, 6.07) is 8.47. The third kappa shape index (κ3) is 3.15. The Balaban J connectivity index is 2.01. The van der Waals surface area contributed by atoms with Crippen LogP contribution in [-0.2, 0) is 6.61 Å². The first-order chi connectivity index (χ1) is 9.11. The molecule has 0 spiro atoms. The SMILES string of the molecule is CNC(C)c1ccc(OCc2c(C)noc2C)cc1. The third-order valence-electron chi connectivity index (χ3n) is 3.38. The van der Waals surface area contributed by atoms with E-state index in [9.17, 15) is 0 Å². The van der Waals surface area contributed by atoms with Crippen molar-refractivity contribution in [2.24, 2.45) is 0 Å². The Bertz CT molecular complexity index is 512. The van der Waals surface area contributed by atoms with E-state index in [1.165, 1.54) is 5.56 Å². The van der Waals surface area contributed by atoms with Gasteiger partial charge in [0.1, 0.15) is 18.1 Å². The van der Waals surface area contributed by atoms with Gasteiger partial charge in [0.2, 0.25) is 0 Å². The lowest BCUT2D eigenvalue weighted by Gasteiger charge is -2.11. The second-order valence-electron chi connectivity index (χ2n) is 4.67. The van der Waals surface area contributed by atoms with E-state index in [0.717, 1.165) is 22.8 Å². The highest BCUT2D eigenvalue weighted by atomic mass is 16.5. The van der Waals surface area contributed by atoms with Gasteiger partial charge < -0.3 is 14.6 Å². The van der Waals surface area contributed by atoms with Gasteiger partial charge in [0.05, 0.1) is 11.3 Å². The summed E-state index contributed by atoms with van der Waals surface area (Å²) in [7, 11) is 1.95. The molecule has 19 heavy (non-hydrogen) atoms. The minimum atomic E-state index is 0.344. The van der Waals surface area contributed by atoms with Gasteiger partial charge in [-0.15, -0.1) is 0 Å². The fraction of sp³-hybridized carbons (Fsp3) is 0.400. The molecular formula is C15H20N2O2. The van der Waals surface area contributed by atoms with Crippen LogP contribution >= 0.6 is 0 Å². The summed E-state index contributed by atoms with van der Waals surface area (Å²) >= 11 is 0. The molecular weight excluding hydrogens is 240 g/mol. The van der Waals surface area contributed by atoms with E-state index in [1.807, 2.05) is 33.0 Å². The topological polar surface area (TPSA) is 47.3 Å². The molecule has 4 nitrogen and oxygen atoms in total. The summed E-state index contributed by atoms with van der Waals surface area (Å²) in [5.74, 6) is 1.67. The van der Waals surface area contributed by atoms with Crippen LogP contribution < -0.4 is 10.1 Å². The van der Waals surface area contributed by atoms with Crippen molar-refractivity contribution < 1.29 is 9.26 Å². The van der Waals surface area contributed by atoms with Crippen molar-refractivity contribution in [2.45, 2.75) is 33.4 Å². The number of nitrogens with one attached hydrogen (secondary N) is 1. The molecule has 0 aliphatic carbocycles. The second kappa shape index (κ2) is 5.89. The zero-order valence-corrected chi connectivity index (χ0v) is 11.9. The Labute approximate surface area is 113 Å². The van der Waals surface area contributed by atoms with Crippen molar-refractivity contribution in [2.75, 3.05) is 7.05 Å². The second-order valence-corrected chi connectivity index (χ2v) is 4.67. The van der Waals surface area contributed by atoms with Crippen molar-refractivity contribution in [1.29, 1.82) is 0 Å². The standard InChI is InChI=1S/C15H20N2O2/c1-10(16-4)13-5-7-14(8-6-13)18-9-15-11(2)17-19-12(15)3/h5-8,10,16H,9H2,1-4H3. The van der Waals surface area contributed by atoms with Gasteiger partial charge in [-0.1, -0.05) is 17.3 Å². The van der Waals surface area contributed by atoms with Gasteiger partial charge in [-0.3, -0.25) is 0 Å². The Morgan fingerprint density at radius 3 is 2.47 bits per heavy atom. The Morgan fingerprint density at radius 2 is 1.95 bits per heavy atom. The van der Waals surface area contributed by atoms with E-state index in [4.69, 9.17) is 9.26 Å². The number of hydrogen-bond acceptors (Lipinski definition) is 4. The van der Waals surface area contributed by atoms with Gasteiger partial charge in [0.15, 0.2) is 0 Å². The number of aromatic nitrogens is 1. The largest absolute Gasteiger partial charge is 0.489 e. The molecule has 1 aromatic heterocycles. The summed E-state index contributed by atoms with van der Waals surface area (Å²) in [5.41, 5.74) is 3.15. The van der Waals surface area contributed by atoms with Crippen LogP contribution in [0.4, 0.5) is 0 Å². The number of hydrogen-bond donors (Lipinski definition) is 1. The minimum Gasteiger partial charge on any atom is -0.489 e. The van der Waals surface area contributed by atoms with Crippen LogP contribution in [0.2, 0.25) is 0 Å². The molecule has 0 saturated carbocycles. The first-order valence-corrected chi connectivity index (χ1v) is 6.43. The molecule has 1 unspecified atom stereocenters. The van der Waals surface area contributed by atoms with E-state index in [-0.39, 0.29) is 0 Å². The predicted octanol–water partition coefficient (Wildman–Crippen LogP) is 3.15. The normalized spacial score (nSPS) is 12.4. The number of nitrogens with zero attached hydrogens (tertiary/aromatic N) is 1. The lowest BCUT2D eigenvalue weighted by molar-refractivity contribution is 0.301. The summed E-state index contributed by atoms with van der Waals surface area (Å²) in [6.07, 6.45) is 0. The predicted molar refractivity (Wildman–Crippen MR) is 74.2 cm³/mol. The van der Waals surface area contributed by atoms with Crippen LogP contribution in [0, 0.1) is 13.8 Å². The molecule has 0 aliphatic heterocycles. The van der Waals surface area contributed by atoms with Crippen molar-refractivity contribution in [3.8, 4) is 5.75 Å². The summed E-state index contributed by atoms with van der Waals surface area (Å²) in [6.45, 7) is 6.44. The molecule has 2 rings (SSSR count). The molecule has 0 saturated heterocycles. The van der Waals surface area contributed by atoms with Gasteiger partial charge in [0.25, 0.3) is 0 Å². The molecule has 0 radical (unpaired) electrons. The highest BCUT2D eigenvalue weighted by Gasteiger charge is 2.09. The highest BCUT2D eigenvalue weighted by molar-refractivity contribution is 5.29. The quantitative estimate of drug-likeness (QED) is 0.897. The van der Waals surface area contributed by atoms with Gasteiger partial charge in [0, 0.05) is 6.04 Å². The first kappa shape index (κ1) is 13.6. The lowest BCUT2D eigenvalue weighted by atomic mass is 10.1. The van der Waals surface area contributed by atoms with Gasteiger partial charge >= 0.3 is 0 Å². The first-order valence-electron chi connectivity index (χ1n) is 6.43. The number of benzene rings is 1. The van der Waals surface area contributed by atoms with Crippen LogP contribution in [0.15, 0.2) is 28.8 Å². The van der Waals surface area contributed by atoms with Crippen LogP contribution in [0.25, 0.3) is 0 Å². The van der Waals surface area contributed by atoms with Crippen LogP contribution in [0.5, 0.6) is 5.75 Å². The van der Waals surface area contributed by atoms with Crippen molar-refractivity contribution >= 4 is 0 Å². The van der Waals surface area contributed by atoms with E-state index in [2.05, 4.69) is 29.5 Å². The maximum absolute atomic E-state index is 5.76. The van der Waals surface area contributed by atoms with E-state index < -0.39 is 0 Å². The van der Waals surface area contributed by atoms with Gasteiger partial charge in [-0.25, -0.2) is 0 Å². The molecule has 102 valence electrons. The minimum absolute atomic E-state index is 0.344. The molecule has 0 fully saturated rings. The Morgan fingerprint density at radius 1 is 1.26 bits per heavy atom. The summed E-state index contributed by atoms with van der Waals surface area (Å²) in [4.78, 5) is 0. The smallest absolute Gasteiger partial charge is 0.140 e. The number of rotatable bonds is 5. The molecule has 1 aromatic carbocycles. The van der Waals surface area contributed by atoms with Crippen molar-refractivity contribution in [3.63, 3.8) is 0 Å². The van der Waals surface area contributed by atoms with Crippen LogP contribution in [-0.4, -0.2) is 12.2 Å². The molecule has 0 amide bonds. The molecule has 4 heteroatoms.